The number of anilines is 2. The van der Waals surface area contributed by atoms with Crippen LogP contribution in [0.15, 0.2) is 0 Å². The third kappa shape index (κ3) is 3.29. The molecule has 1 saturated heterocycles. The van der Waals surface area contributed by atoms with E-state index in [0.717, 1.165) is 25.9 Å². The first-order chi connectivity index (χ1) is 10.1. The van der Waals surface area contributed by atoms with Gasteiger partial charge >= 0.3 is 5.97 Å². The van der Waals surface area contributed by atoms with Crippen LogP contribution in [-0.4, -0.2) is 31.6 Å². The van der Waals surface area contributed by atoms with Gasteiger partial charge in [0, 0.05) is 13.1 Å². The van der Waals surface area contributed by atoms with Gasteiger partial charge in [-0.25, -0.2) is 4.79 Å². The third-order valence-electron chi connectivity index (χ3n) is 3.52. The second-order valence-electron chi connectivity index (χ2n) is 5.01. The van der Waals surface area contributed by atoms with Crippen LogP contribution in [0.1, 0.15) is 52.6 Å². The molecule has 0 unspecified atom stereocenters. The smallest absolute Gasteiger partial charge is 0.343 e. The number of nitrogen functional groups attached to an aromatic ring is 1. The van der Waals surface area contributed by atoms with E-state index < -0.39 is 11.9 Å². The summed E-state index contributed by atoms with van der Waals surface area (Å²) in [6.45, 7) is 3.70. The van der Waals surface area contributed by atoms with Gasteiger partial charge in [0.1, 0.15) is 15.4 Å². The molecular formula is C14H21N3O3S. The van der Waals surface area contributed by atoms with Crippen LogP contribution in [0.3, 0.4) is 0 Å². The van der Waals surface area contributed by atoms with Gasteiger partial charge in [-0.15, -0.1) is 11.3 Å². The summed E-state index contributed by atoms with van der Waals surface area (Å²) in [5, 5.41) is 0.710. The minimum atomic E-state index is -0.607. The molecular weight excluding hydrogens is 290 g/mol. The molecule has 0 saturated carbocycles. The quantitative estimate of drug-likeness (QED) is 0.828. The molecule has 116 valence electrons. The zero-order valence-electron chi connectivity index (χ0n) is 12.2. The highest BCUT2D eigenvalue weighted by Crippen LogP contribution is 2.39. The largest absolute Gasteiger partial charge is 0.462 e. The summed E-state index contributed by atoms with van der Waals surface area (Å²) in [6.07, 6.45) is 4.47. The lowest BCUT2D eigenvalue weighted by atomic mass is 10.2. The first-order valence-corrected chi connectivity index (χ1v) is 8.02. The fourth-order valence-corrected chi connectivity index (χ4v) is 3.62. The van der Waals surface area contributed by atoms with Gasteiger partial charge in [-0.05, 0) is 19.8 Å². The molecule has 0 atom stereocenters. The molecule has 1 fully saturated rings. The summed E-state index contributed by atoms with van der Waals surface area (Å²) < 4.78 is 5.07. The molecule has 1 aromatic rings. The summed E-state index contributed by atoms with van der Waals surface area (Å²) in [7, 11) is 0. The van der Waals surface area contributed by atoms with E-state index in [4.69, 9.17) is 16.2 Å². The number of nitrogens with two attached hydrogens (primary N) is 2. The molecule has 2 heterocycles. The van der Waals surface area contributed by atoms with Gasteiger partial charge in [-0.1, -0.05) is 12.8 Å². The number of nitrogens with zero attached hydrogens (tertiary/aromatic N) is 1. The standard InChI is InChI=1S/C14H21N3O3S/c1-2-20-14(19)9-10(15)11(12(16)18)21-13(9)17-7-5-3-4-6-8-17/h2-8,15H2,1H3,(H2,16,18). The lowest BCUT2D eigenvalue weighted by Crippen LogP contribution is -2.25. The lowest BCUT2D eigenvalue weighted by Gasteiger charge is -2.21. The number of esters is 1. The van der Waals surface area contributed by atoms with Crippen LogP contribution in [0, 0.1) is 0 Å². The van der Waals surface area contributed by atoms with Crippen LogP contribution in [0.4, 0.5) is 10.7 Å². The Hall–Kier alpha value is -1.76. The number of ether oxygens (including phenoxy) is 1. The third-order valence-corrected chi connectivity index (χ3v) is 4.80. The second-order valence-corrected chi connectivity index (χ2v) is 6.01. The average Bonchev–Trinajstić information content (AvgIpc) is 2.63. The van der Waals surface area contributed by atoms with E-state index in [2.05, 4.69) is 4.90 Å². The Morgan fingerprint density at radius 2 is 1.86 bits per heavy atom. The Bertz CT molecular complexity index is 534. The fraction of sp³-hybridized carbons (Fsp3) is 0.571. The highest BCUT2D eigenvalue weighted by atomic mass is 32.1. The van der Waals surface area contributed by atoms with Crippen LogP contribution in [0.5, 0.6) is 0 Å². The van der Waals surface area contributed by atoms with E-state index in [9.17, 15) is 9.59 Å². The zero-order chi connectivity index (χ0) is 15.4. The fourth-order valence-electron chi connectivity index (χ4n) is 2.51. The molecule has 4 N–H and O–H groups in total. The number of carbonyl (C=O) groups is 2. The van der Waals surface area contributed by atoms with E-state index in [-0.39, 0.29) is 22.7 Å². The summed E-state index contributed by atoms with van der Waals surface area (Å²) >= 11 is 1.19. The second kappa shape index (κ2) is 6.80. The number of hydrogen-bond donors (Lipinski definition) is 2. The van der Waals surface area contributed by atoms with Crippen LogP contribution in [0.25, 0.3) is 0 Å². The molecule has 1 amide bonds. The Labute approximate surface area is 128 Å². The minimum absolute atomic E-state index is 0.144. The molecule has 0 aromatic carbocycles. The molecule has 21 heavy (non-hydrogen) atoms. The highest BCUT2D eigenvalue weighted by Gasteiger charge is 2.28. The van der Waals surface area contributed by atoms with Crippen LogP contribution >= 0.6 is 11.3 Å². The number of carbonyl (C=O) groups excluding carboxylic acids is 2. The topological polar surface area (TPSA) is 98.6 Å². The van der Waals surface area contributed by atoms with E-state index in [1.165, 1.54) is 24.2 Å². The number of amides is 1. The van der Waals surface area contributed by atoms with Crippen molar-refractivity contribution < 1.29 is 14.3 Å². The predicted octanol–water partition coefficient (Wildman–Crippen LogP) is 1.99. The summed E-state index contributed by atoms with van der Waals surface area (Å²) in [5.74, 6) is -1.10. The van der Waals surface area contributed by atoms with Gasteiger partial charge in [0.2, 0.25) is 0 Å². The molecule has 0 spiro atoms. The summed E-state index contributed by atoms with van der Waals surface area (Å²) in [6, 6.07) is 0. The van der Waals surface area contributed by atoms with Gasteiger partial charge in [-0.3, -0.25) is 4.79 Å². The number of primary amides is 1. The van der Waals surface area contributed by atoms with Gasteiger partial charge in [0.05, 0.1) is 12.3 Å². The van der Waals surface area contributed by atoms with E-state index in [1.54, 1.807) is 6.92 Å². The van der Waals surface area contributed by atoms with Crippen molar-refractivity contribution in [1.82, 2.24) is 0 Å². The van der Waals surface area contributed by atoms with Gasteiger partial charge in [0.25, 0.3) is 5.91 Å². The van der Waals surface area contributed by atoms with Crippen LogP contribution in [0.2, 0.25) is 0 Å². The van der Waals surface area contributed by atoms with E-state index in [1.807, 2.05) is 0 Å². The van der Waals surface area contributed by atoms with E-state index in [0.29, 0.717) is 5.00 Å². The summed E-state index contributed by atoms with van der Waals surface area (Å²) in [5.41, 5.74) is 11.7. The van der Waals surface area contributed by atoms with Gasteiger partial charge in [0.15, 0.2) is 0 Å². The van der Waals surface area contributed by atoms with Crippen molar-refractivity contribution in [3.8, 4) is 0 Å². The monoisotopic (exact) mass is 311 g/mol. The van der Waals surface area contributed by atoms with Gasteiger partial charge < -0.3 is 21.1 Å². The average molecular weight is 311 g/mol. The molecule has 7 heteroatoms. The minimum Gasteiger partial charge on any atom is -0.462 e. The Morgan fingerprint density at radius 3 is 2.38 bits per heavy atom. The molecule has 0 bridgehead atoms. The normalized spacial score (nSPS) is 15.6. The molecule has 0 aliphatic carbocycles. The van der Waals surface area contributed by atoms with E-state index >= 15 is 0 Å². The number of thiophene rings is 1. The Kier molecular flexibility index (Phi) is 5.06. The Balaban J connectivity index is 2.44. The molecule has 6 nitrogen and oxygen atoms in total. The lowest BCUT2D eigenvalue weighted by molar-refractivity contribution is 0.0529. The Morgan fingerprint density at radius 1 is 1.24 bits per heavy atom. The van der Waals surface area contributed by atoms with Crippen LogP contribution in [-0.2, 0) is 4.74 Å². The van der Waals surface area contributed by atoms with Crippen molar-refractivity contribution in [2.24, 2.45) is 5.73 Å². The molecule has 0 radical (unpaired) electrons. The maximum Gasteiger partial charge on any atom is 0.343 e. The van der Waals surface area contributed by atoms with Crippen LogP contribution < -0.4 is 16.4 Å². The highest BCUT2D eigenvalue weighted by molar-refractivity contribution is 7.19. The van der Waals surface area contributed by atoms with Crippen molar-refractivity contribution in [3.05, 3.63) is 10.4 Å². The number of rotatable bonds is 4. The van der Waals surface area contributed by atoms with Gasteiger partial charge in [-0.2, -0.15) is 0 Å². The molecule has 1 aromatic heterocycles. The first-order valence-electron chi connectivity index (χ1n) is 7.20. The van der Waals surface area contributed by atoms with Crippen molar-refractivity contribution in [1.29, 1.82) is 0 Å². The summed E-state index contributed by atoms with van der Waals surface area (Å²) in [4.78, 5) is 26.0. The number of hydrogen-bond acceptors (Lipinski definition) is 6. The van der Waals surface area contributed by atoms with Crippen molar-refractivity contribution >= 4 is 33.9 Å². The SMILES string of the molecule is CCOC(=O)c1c(N2CCCCCC2)sc(C(N)=O)c1N. The molecule has 2 rings (SSSR count). The van der Waals surface area contributed by atoms with Crippen molar-refractivity contribution in [3.63, 3.8) is 0 Å². The first kappa shape index (κ1) is 15.6. The zero-order valence-corrected chi connectivity index (χ0v) is 13.0. The van der Waals surface area contributed by atoms with Crippen molar-refractivity contribution in [2.75, 3.05) is 30.3 Å². The maximum atomic E-state index is 12.2. The van der Waals surface area contributed by atoms with Crippen molar-refractivity contribution in [2.45, 2.75) is 32.6 Å². The predicted molar refractivity (Wildman–Crippen MR) is 83.9 cm³/mol. The molecule has 1 aliphatic rings. The molecule has 1 aliphatic heterocycles. The maximum absolute atomic E-state index is 12.2.